The van der Waals surface area contributed by atoms with Crippen LogP contribution in [0.15, 0.2) is 83.3 Å². The molecule has 2 aromatic carbocycles. The number of fused-ring (bicyclic) bond motifs is 3. The minimum atomic E-state index is 0.927. The Bertz CT molecular complexity index is 832. The van der Waals surface area contributed by atoms with Crippen molar-refractivity contribution < 1.29 is 0 Å². The molecule has 0 N–H and O–H groups in total. The maximum absolute atomic E-state index is 4.47. The number of rotatable bonds is 2. The molecule has 3 aromatic rings. The number of benzene rings is 2. The van der Waals surface area contributed by atoms with Gasteiger partial charge in [-0.3, -0.25) is 4.98 Å². The van der Waals surface area contributed by atoms with Crippen LogP contribution in [0, 0.1) is 0 Å². The van der Waals surface area contributed by atoms with Gasteiger partial charge in [0.1, 0.15) is 5.71 Å². The van der Waals surface area contributed by atoms with E-state index >= 15 is 0 Å². The zero-order valence-corrected chi connectivity index (χ0v) is 11.8. The molecule has 4 rings (SSSR count). The fourth-order valence-electron chi connectivity index (χ4n) is 2.70. The van der Waals surface area contributed by atoms with Crippen LogP contribution in [-0.4, -0.2) is 16.9 Å². The molecule has 1 aromatic heterocycles. The van der Waals surface area contributed by atoms with Crippen LogP contribution in [0.5, 0.6) is 0 Å². The molecule has 0 atom stereocenters. The van der Waals surface area contributed by atoms with Gasteiger partial charge in [-0.25, -0.2) is 0 Å². The molecule has 1 aliphatic rings. The summed E-state index contributed by atoms with van der Waals surface area (Å²) < 4.78 is 0. The van der Waals surface area contributed by atoms with Gasteiger partial charge in [0.05, 0.1) is 6.21 Å². The smallest absolute Gasteiger partial charge is 0.101 e. The van der Waals surface area contributed by atoms with Crippen molar-refractivity contribution in [1.82, 2.24) is 4.98 Å². The number of hydrogen-bond donors (Lipinski definition) is 0. The molecule has 22 heavy (non-hydrogen) atoms. The zero-order valence-electron chi connectivity index (χ0n) is 11.8. The van der Waals surface area contributed by atoms with Crippen molar-refractivity contribution in [2.75, 3.05) is 0 Å². The van der Waals surface area contributed by atoms with Gasteiger partial charge in [-0.15, -0.1) is 5.10 Å². The molecule has 3 heteroatoms. The van der Waals surface area contributed by atoms with Crippen molar-refractivity contribution in [3.05, 3.63) is 89.7 Å². The Morgan fingerprint density at radius 2 is 1.23 bits per heavy atom. The Kier molecular flexibility index (Phi) is 3.09. The van der Waals surface area contributed by atoms with Gasteiger partial charge in [0.2, 0.25) is 0 Å². The van der Waals surface area contributed by atoms with Crippen LogP contribution in [0.2, 0.25) is 0 Å². The van der Waals surface area contributed by atoms with Gasteiger partial charge >= 0.3 is 0 Å². The highest BCUT2D eigenvalue weighted by atomic mass is 15.2. The molecule has 0 saturated carbocycles. The van der Waals surface area contributed by atoms with E-state index in [1.54, 1.807) is 18.6 Å². The van der Waals surface area contributed by atoms with Crippen molar-refractivity contribution in [3.8, 4) is 11.1 Å². The normalized spacial score (nSPS) is 12.3. The quantitative estimate of drug-likeness (QED) is 0.405. The Hall–Kier alpha value is -3.07. The number of hydrogen-bond acceptors (Lipinski definition) is 3. The first kappa shape index (κ1) is 12.7. The molecule has 0 radical (unpaired) electrons. The second-order valence-corrected chi connectivity index (χ2v) is 5.06. The van der Waals surface area contributed by atoms with E-state index in [2.05, 4.69) is 51.6 Å². The minimum absolute atomic E-state index is 0.927. The van der Waals surface area contributed by atoms with Crippen LogP contribution in [0.25, 0.3) is 11.1 Å². The first-order chi connectivity index (χ1) is 10.9. The lowest BCUT2D eigenvalue weighted by Crippen LogP contribution is -1.97. The highest BCUT2D eigenvalue weighted by Gasteiger charge is 2.23. The molecule has 0 saturated heterocycles. The number of nitrogens with zero attached hydrogens (tertiary/aromatic N) is 3. The molecular weight excluding hydrogens is 270 g/mol. The summed E-state index contributed by atoms with van der Waals surface area (Å²) in [7, 11) is 0. The third kappa shape index (κ3) is 2.13. The van der Waals surface area contributed by atoms with Gasteiger partial charge in [-0.1, -0.05) is 48.5 Å². The van der Waals surface area contributed by atoms with E-state index in [1.165, 1.54) is 11.1 Å². The molecule has 0 unspecified atom stereocenters. The van der Waals surface area contributed by atoms with Crippen molar-refractivity contribution in [1.29, 1.82) is 0 Å². The molecule has 104 valence electrons. The highest BCUT2D eigenvalue weighted by molar-refractivity contribution is 6.24. The standard InChI is InChI=1S/C19H13N3/c1-3-7-17-15(5-1)16-6-2-4-8-18(16)19(17)22-21-13-14-9-11-20-12-10-14/h1-13H. The van der Waals surface area contributed by atoms with E-state index in [1.807, 2.05) is 24.3 Å². The summed E-state index contributed by atoms with van der Waals surface area (Å²) >= 11 is 0. The summed E-state index contributed by atoms with van der Waals surface area (Å²) in [5.74, 6) is 0. The summed E-state index contributed by atoms with van der Waals surface area (Å²) in [6, 6.07) is 20.4. The minimum Gasteiger partial charge on any atom is -0.265 e. The van der Waals surface area contributed by atoms with Crippen LogP contribution in [0.3, 0.4) is 0 Å². The molecule has 1 aliphatic carbocycles. The van der Waals surface area contributed by atoms with Crippen molar-refractivity contribution in [2.24, 2.45) is 10.2 Å². The first-order valence-electron chi connectivity index (χ1n) is 7.14. The van der Waals surface area contributed by atoms with Crippen molar-refractivity contribution in [3.63, 3.8) is 0 Å². The number of pyridine rings is 1. The average molecular weight is 283 g/mol. The Balaban J connectivity index is 1.78. The van der Waals surface area contributed by atoms with Gasteiger partial charge in [0.25, 0.3) is 0 Å². The van der Waals surface area contributed by atoms with Gasteiger partial charge in [0, 0.05) is 23.5 Å². The topological polar surface area (TPSA) is 37.6 Å². The van der Waals surface area contributed by atoms with Crippen molar-refractivity contribution in [2.45, 2.75) is 0 Å². The lowest BCUT2D eigenvalue weighted by Gasteiger charge is -1.98. The third-order valence-electron chi connectivity index (χ3n) is 3.73. The molecule has 0 spiro atoms. The van der Waals surface area contributed by atoms with E-state index in [0.717, 1.165) is 22.4 Å². The zero-order chi connectivity index (χ0) is 14.8. The third-order valence-corrected chi connectivity index (χ3v) is 3.73. The van der Waals surface area contributed by atoms with E-state index in [0.29, 0.717) is 0 Å². The van der Waals surface area contributed by atoms with Gasteiger partial charge in [-0.2, -0.15) is 5.10 Å². The molecule has 1 heterocycles. The average Bonchev–Trinajstić information content (AvgIpc) is 2.91. The second kappa shape index (κ2) is 5.37. The molecule has 0 bridgehead atoms. The van der Waals surface area contributed by atoms with E-state index < -0.39 is 0 Å². The van der Waals surface area contributed by atoms with Crippen LogP contribution < -0.4 is 0 Å². The summed E-state index contributed by atoms with van der Waals surface area (Å²) in [5.41, 5.74) is 6.62. The maximum Gasteiger partial charge on any atom is 0.101 e. The monoisotopic (exact) mass is 283 g/mol. The van der Waals surface area contributed by atoms with Crippen LogP contribution in [-0.2, 0) is 0 Å². The van der Waals surface area contributed by atoms with Gasteiger partial charge < -0.3 is 0 Å². The number of aromatic nitrogens is 1. The summed E-state index contributed by atoms with van der Waals surface area (Å²) in [5, 5.41) is 8.72. The van der Waals surface area contributed by atoms with Crippen LogP contribution in [0.4, 0.5) is 0 Å². The first-order valence-corrected chi connectivity index (χ1v) is 7.14. The summed E-state index contributed by atoms with van der Waals surface area (Å²) in [6.07, 6.45) is 5.24. The molecule has 3 nitrogen and oxygen atoms in total. The van der Waals surface area contributed by atoms with E-state index in [-0.39, 0.29) is 0 Å². The lowest BCUT2D eigenvalue weighted by molar-refractivity contribution is 1.24. The van der Waals surface area contributed by atoms with Gasteiger partial charge in [0.15, 0.2) is 0 Å². The van der Waals surface area contributed by atoms with Crippen molar-refractivity contribution >= 4 is 11.9 Å². The SMILES string of the molecule is C(=NN=C1c2ccccc2-c2ccccc21)c1ccncc1. The van der Waals surface area contributed by atoms with Crippen LogP contribution >= 0.6 is 0 Å². The van der Waals surface area contributed by atoms with Gasteiger partial charge in [-0.05, 0) is 28.8 Å². The molecule has 0 amide bonds. The largest absolute Gasteiger partial charge is 0.265 e. The molecular formula is C19H13N3. The summed E-state index contributed by atoms with van der Waals surface area (Å²) in [4.78, 5) is 3.99. The lowest BCUT2D eigenvalue weighted by atomic mass is 10.1. The Morgan fingerprint density at radius 1 is 0.682 bits per heavy atom. The molecule has 0 fully saturated rings. The predicted octanol–water partition coefficient (Wildman–Crippen LogP) is 3.93. The highest BCUT2D eigenvalue weighted by Crippen LogP contribution is 2.36. The van der Waals surface area contributed by atoms with E-state index in [4.69, 9.17) is 0 Å². The second-order valence-electron chi connectivity index (χ2n) is 5.06. The fraction of sp³-hybridized carbons (Fsp3) is 0. The Morgan fingerprint density at radius 3 is 1.82 bits per heavy atom. The molecule has 0 aliphatic heterocycles. The summed E-state index contributed by atoms with van der Waals surface area (Å²) in [6.45, 7) is 0. The van der Waals surface area contributed by atoms with E-state index in [9.17, 15) is 0 Å². The fourth-order valence-corrected chi connectivity index (χ4v) is 2.70. The van der Waals surface area contributed by atoms with Crippen LogP contribution in [0.1, 0.15) is 16.7 Å². The Labute approximate surface area is 128 Å². The maximum atomic E-state index is 4.47. The predicted molar refractivity (Wildman–Crippen MR) is 89.3 cm³/mol.